The number of H-pyrrole nitrogens is 1. The van der Waals surface area contributed by atoms with E-state index < -0.39 is 11.9 Å². The van der Waals surface area contributed by atoms with E-state index in [1.165, 1.54) is 18.2 Å². The highest BCUT2D eigenvalue weighted by Crippen LogP contribution is 2.30. The Labute approximate surface area is 196 Å². The van der Waals surface area contributed by atoms with Crippen LogP contribution < -0.4 is 10.6 Å². The van der Waals surface area contributed by atoms with Crippen molar-refractivity contribution in [2.45, 2.75) is 6.54 Å². The second-order valence-electron chi connectivity index (χ2n) is 7.41. The van der Waals surface area contributed by atoms with Crippen LogP contribution in [0.15, 0.2) is 71.3 Å². The maximum atomic E-state index is 13.1. The van der Waals surface area contributed by atoms with Gasteiger partial charge in [-0.25, -0.2) is 14.4 Å². The van der Waals surface area contributed by atoms with Crippen molar-refractivity contribution in [1.29, 1.82) is 0 Å². The number of aromatic amines is 1. The number of pyridine rings is 1. The van der Waals surface area contributed by atoms with Gasteiger partial charge in [0.2, 0.25) is 0 Å². The van der Waals surface area contributed by atoms with Crippen LogP contribution in [0.1, 0.15) is 16.1 Å². The number of hydrogen-bond acceptors (Lipinski definition) is 5. The van der Waals surface area contributed by atoms with Crippen LogP contribution in [0.3, 0.4) is 0 Å². The SMILES string of the molecule is O=C(Nc1ccc(Cl)c(-c2nc3ncc(NCc4ccc(F)cc4)cc3[nH]2)c1)c1ccc(F)o1. The zero-order valence-corrected chi connectivity index (χ0v) is 18.2. The Balaban J connectivity index is 1.36. The molecule has 0 radical (unpaired) electrons. The van der Waals surface area contributed by atoms with Crippen molar-refractivity contribution in [2.75, 3.05) is 10.6 Å². The van der Waals surface area contributed by atoms with E-state index in [4.69, 9.17) is 16.0 Å². The summed E-state index contributed by atoms with van der Waals surface area (Å²) in [6.45, 7) is 0.502. The van der Waals surface area contributed by atoms with E-state index in [9.17, 15) is 13.6 Å². The standard InChI is InChI=1S/C24H16ClF2N5O2/c25-18-6-5-15(30-24(33)20-7-8-21(27)34-20)9-17(18)22-31-19-10-16(12-29-23(19)32-22)28-11-13-1-3-14(26)4-2-13/h1-10,12,28H,11H2,(H,30,33)(H,29,31,32). The number of amides is 1. The summed E-state index contributed by atoms with van der Waals surface area (Å²) in [6.07, 6.45) is 1.65. The second-order valence-corrected chi connectivity index (χ2v) is 7.82. The lowest BCUT2D eigenvalue weighted by Crippen LogP contribution is -2.10. The minimum Gasteiger partial charge on any atom is -0.426 e. The van der Waals surface area contributed by atoms with Crippen LogP contribution in [-0.2, 0) is 6.54 Å². The summed E-state index contributed by atoms with van der Waals surface area (Å²) in [7, 11) is 0. The maximum absolute atomic E-state index is 13.1. The smallest absolute Gasteiger partial charge is 0.291 e. The van der Waals surface area contributed by atoms with E-state index in [0.717, 1.165) is 17.3 Å². The van der Waals surface area contributed by atoms with Gasteiger partial charge in [-0.15, -0.1) is 0 Å². The van der Waals surface area contributed by atoms with E-state index >= 15 is 0 Å². The Kier molecular flexibility index (Phi) is 5.69. The van der Waals surface area contributed by atoms with Crippen LogP contribution >= 0.6 is 11.6 Å². The molecule has 1 amide bonds. The van der Waals surface area contributed by atoms with Crippen molar-refractivity contribution in [3.8, 4) is 11.4 Å². The molecule has 3 aromatic heterocycles. The lowest BCUT2D eigenvalue weighted by Gasteiger charge is -2.07. The van der Waals surface area contributed by atoms with Crippen molar-refractivity contribution in [3.63, 3.8) is 0 Å². The number of nitrogens with zero attached hydrogens (tertiary/aromatic N) is 2. The molecule has 0 aliphatic carbocycles. The van der Waals surface area contributed by atoms with Crippen molar-refractivity contribution < 1.29 is 18.0 Å². The van der Waals surface area contributed by atoms with E-state index in [1.807, 2.05) is 6.07 Å². The lowest BCUT2D eigenvalue weighted by molar-refractivity contribution is 0.0988. The largest absolute Gasteiger partial charge is 0.426 e. The first kappa shape index (κ1) is 21.6. The summed E-state index contributed by atoms with van der Waals surface area (Å²) in [6, 6.07) is 14.4. The number of hydrogen-bond donors (Lipinski definition) is 3. The van der Waals surface area contributed by atoms with Crippen LogP contribution in [0, 0.1) is 11.8 Å². The van der Waals surface area contributed by atoms with Crippen molar-refractivity contribution >= 4 is 40.0 Å². The highest BCUT2D eigenvalue weighted by Gasteiger charge is 2.15. The van der Waals surface area contributed by atoms with Crippen molar-refractivity contribution in [2.24, 2.45) is 0 Å². The van der Waals surface area contributed by atoms with Crippen LogP contribution in [0.5, 0.6) is 0 Å². The summed E-state index contributed by atoms with van der Waals surface area (Å²) in [4.78, 5) is 24.3. The normalized spacial score (nSPS) is 11.0. The number of rotatable bonds is 6. The van der Waals surface area contributed by atoms with Gasteiger partial charge >= 0.3 is 0 Å². The summed E-state index contributed by atoms with van der Waals surface area (Å²) in [5.74, 6) is -0.569. The zero-order chi connectivity index (χ0) is 23.7. The van der Waals surface area contributed by atoms with Gasteiger partial charge in [0.1, 0.15) is 11.6 Å². The van der Waals surface area contributed by atoms with Crippen molar-refractivity contribution in [1.82, 2.24) is 15.0 Å². The van der Waals surface area contributed by atoms with E-state index in [2.05, 4.69) is 25.6 Å². The van der Waals surface area contributed by atoms with Gasteiger partial charge in [0.25, 0.3) is 11.9 Å². The summed E-state index contributed by atoms with van der Waals surface area (Å²) >= 11 is 6.37. The van der Waals surface area contributed by atoms with Gasteiger partial charge in [0, 0.05) is 23.9 Å². The summed E-state index contributed by atoms with van der Waals surface area (Å²) < 4.78 is 30.8. The molecule has 3 heterocycles. The summed E-state index contributed by atoms with van der Waals surface area (Å²) in [5.41, 5.74) is 3.81. The lowest BCUT2D eigenvalue weighted by atomic mass is 10.2. The minimum atomic E-state index is -0.844. The number of fused-ring (bicyclic) bond motifs is 1. The number of benzene rings is 2. The quantitative estimate of drug-likeness (QED) is 0.277. The molecule has 2 aromatic carbocycles. The Morgan fingerprint density at radius 3 is 2.62 bits per heavy atom. The zero-order valence-electron chi connectivity index (χ0n) is 17.4. The molecule has 0 spiro atoms. The fourth-order valence-corrected chi connectivity index (χ4v) is 3.55. The Bertz CT molecular complexity index is 1500. The molecular weight excluding hydrogens is 464 g/mol. The van der Waals surface area contributed by atoms with Crippen molar-refractivity contribution in [3.05, 3.63) is 95.0 Å². The Morgan fingerprint density at radius 1 is 1.03 bits per heavy atom. The van der Waals surface area contributed by atoms with Gasteiger partial charge in [-0.05, 0) is 48.0 Å². The Morgan fingerprint density at radius 2 is 1.85 bits per heavy atom. The number of anilines is 2. The molecule has 0 saturated carbocycles. The second kappa shape index (κ2) is 8.95. The molecule has 5 rings (SSSR count). The van der Waals surface area contributed by atoms with Crippen LogP contribution in [0.25, 0.3) is 22.6 Å². The molecular formula is C24H16ClF2N5O2. The molecule has 7 nitrogen and oxygen atoms in total. The molecule has 0 aliphatic rings. The van der Waals surface area contributed by atoms with Gasteiger partial charge in [0.05, 0.1) is 22.4 Å². The topological polar surface area (TPSA) is 95.8 Å². The number of imidazole rings is 1. The van der Waals surface area contributed by atoms with Crippen LogP contribution in [0.4, 0.5) is 20.2 Å². The third kappa shape index (κ3) is 4.60. The first-order valence-corrected chi connectivity index (χ1v) is 10.5. The highest BCUT2D eigenvalue weighted by molar-refractivity contribution is 6.33. The fourth-order valence-electron chi connectivity index (χ4n) is 3.34. The average Bonchev–Trinajstić information content (AvgIpc) is 3.46. The highest BCUT2D eigenvalue weighted by atomic mass is 35.5. The number of carbonyl (C=O) groups is 1. The third-order valence-electron chi connectivity index (χ3n) is 5.02. The molecule has 34 heavy (non-hydrogen) atoms. The molecule has 0 fully saturated rings. The van der Waals surface area contributed by atoms with Gasteiger partial charge in [-0.1, -0.05) is 23.7 Å². The molecule has 170 valence electrons. The number of furan rings is 1. The molecule has 5 aromatic rings. The van der Waals surface area contributed by atoms with Crippen LogP contribution in [0.2, 0.25) is 5.02 Å². The van der Waals surface area contributed by atoms with E-state index in [0.29, 0.717) is 39.8 Å². The molecule has 0 aliphatic heterocycles. The van der Waals surface area contributed by atoms with E-state index in [-0.39, 0.29) is 11.6 Å². The summed E-state index contributed by atoms with van der Waals surface area (Å²) in [5, 5.41) is 6.29. The molecule has 0 unspecified atom stereocenters. The van der Waals surface area contributed by atoms with Gasteiger partial charge in [0.15, 0.2) is 11.4 Å². The number of aromatic nitrogens is 3. The first-order chi connectivity index (χ1) is 16.4. The number of nitrogens with one attached hydrogen (secondary N) is 3. The molecule has 0 saturated heterocycles. The monoisotopic (exact) mass is 479 g/mol. The molecule has 0 bridgehead atoms. The molecule has 0 atom stereocenters. The number of carbonyl (C=O) groups excluding carboxylic acids is 1. The van der Waals surface area contributed by atoms with Crippen LogP contribution in [-0.4, -0.2) is 20.9 Å². The fraction of sp³-hybridized carbons (Fsp3) is 0.0417. The predicted octanol–water partition coefficient (Wildman–Crippen LogP) is 6.01. The molecule has 3 N–H and O–H groups in total. The molecule has 10 heteroatoms. The number of halogens is 3. The average molecular weight is 480 g/mol. The first-order valence-electron chi connectivity index (χ1n) is 10.2. The van der Waals surface area contributed by atoms with Gasteiger partial charge in [-0.3, -0.25) is 4.79 Å². The van der Waals surface area contributed by atoms with E-state index in [1.54, 1.807) is 36.5 Å². The maximum Gasteiger partial charge on any atom is 0.291 e. The van der Waals surface area contributed by atoms with Gasteiger partial charge < -0.3 is 20.0 Å². The van der Waals surface area contributed by atoms with Gasteiger partial charge in [-0.2, -0.15) is 4.39 Å². The predicted molar refractivity (Wildman–Crippen MR) is 125 cm³/mol. The Hall–Kier alpha value is -4.24. The minimum absolute atomic E-state index is 0.150. The third-order valence-corrected chi connectivity index (χ3v) is 5.35.